The second kappa shape index (κ2) is 6.71. The first kappa shape index (κ1) is 14.8. The highest BCUT2D eigenvalue weighted by atomic mass is 79.9. The van der Waals surface area contributed by atoms with Gasteiger partial charge in [0.15, 0.2) is 11.5 Å². The zero-order valence-corrected chi connectivity index (χ0v) is 12.9. The van der Waals surface area contributed by atoms with Crippen molar-refractivity contribution in [1.29, 1.82) is 0 Å². The molecule has 1 N–H and O–H groups in total. The van der Waals surface area contributed by atoms with Gasteiger partial charge in [-0.3, -0.25) is 4.68 Å². The van der Waals surface area contributed by atoms with Gasteiger partial charge in [0.05, 0.1) is 23.9 Å². The topological polar surface area (TPSA) is 69.4 Å². The number of ether oxygens (including phenoxy) is 2. The number of benzene rings is 1. The van der Waals surface area contributed by atoms with E-state index >= 15 is 0 Å². The van der Waals surface area contributed by atoms with Crippen LogP contribution in [0.2, 0.25) is 0 Å². The zero-order chi connectivity index (χ0) is 14.5. The molecule has 6 nitrogen and oxygen atoms in total. The highest BCUT2D eigenvalue weighted by Gasteiger charge is 2.13. The van der Waals surface area contributed by atoms with E-state index in [9.17, 15) is 5.11 Å². The fourth-order valence-electron chi connectivity index (χ4n) is 1.72. The molecule has 2 rings (SSSR count). The largest absolute Gasteiger partial charge is 0.490 e. The summed E-state index contributed by atoms with van der Waals surface area (Å²) in [7, 11) is 1.80. The van der Waals surface area contributed by atoms with Gasteiger partial charge >= 0.3 is 0 Å². The number of hydrogen-bond acceptors (Lipinski definition) is 5. The Balaban J connectivity index is 2.20. The molecule has 108 valence electrons. The van der Waals surface area contributed by atoms with Crippen molar-refractivity contribution in [2.24, 2.45) is 7.05 Å². The van der Waals surface area contributed by atoms with E-state index in [0.29, 0.717) is 24.7 Å². The van der Waals surface area contributed by atoms with E-state index in [2.05, 4.69) is 26.2 Å². The number of aryl methyl sites for hydroxylation is 1. The normalized spacial score (nSPS) is 10.6. The molecule has 0 saturated carbocycles. The molecule has 0 aliphatic heterocycles. The summed E-state index contributed by atoms with van der Waals surface area (Å²) in [4.78, 5) is 0. The van der Waals surface area contributed by atoms with Crippen LogP contribution in [0.15, 0.2) is 22.8 Å². The van der Waals surface area contributed by atoms with Gasteiger partial charge in [-0.05, 0) is 40.5 Å². The van der Waals surface area contributed by atoms with E-state index in [1.807, 2.05) is 6.92 Å². The van der Waals surface area contributed by atoms with Crippen molar-refractivity contribution < 1.29 is 14.6 Å². The summed E-state index contributed by atoms with van der Waals surface area (Å²) in [6, 6.07) is 3.56. The molecule has 0 radical (unpaired) electrons. The van der Waals surface area contributed by atoms with Crippen molar-refractivity contribution in [3.8, 4) is 11.5 Å². The Bertz CT molecular complexity index is 586. The van der Waals surface area contributed by atoms with Gasteiger partial charge in [-0.25, -0.2) is 0 Å². The highest BCUT2D eigenvalue weighted by molar-refractivity contribution is 9.10. The van der Waals surface area contributed by atoms with E-state index in [4.69, 9.17) is 9.47 Å². The molecular formula is C13H16BrN3O3. The average Bonchev–Trinajstić information content (AvgIpc) is 2.83. The average molecular weight is 342 g/mol. The third-order valence-electron chi connectivity index (χ3n) is 2.57. The highest BCUT2D eigenvalue weighted by Crippen LogP contribution is 2.37. The summed E-state index contributed by atoms with van der Waals surface area (Å²) in [5, 5.41) is 17.0. The first-order valence-corrected chi connectivity index (χ1v) is 6.97. The lowest BCUT2D eigenvalue weighted by Gasteiger charge is -2.14. The summed E-state index contributed by atoms with van der Waals surface area (Å²) < 4.78 is 13.6. The summed E-state index contributed by atoms with van der Waals surface area (Å²) in [5.74, 6) is 1.18. The van der Waals surface area contributed by atoms with Gasteiger partial charge in [0, 0.05) is 7.05 Å². The fourth-order valence-corrected chi connectivity index (χ4v) is 2.33. The van der Waals surface area contributed by atoms with Crippen molar-refractivity contribution in [2.45, 2.75) is 20.1 Å². The molecule has 0 unspecified atom stereocenters. The summed E-state index contributed by atoms with van der Waals surface area (Å²) in [6.45, 7) is 2.66. The number of aliphatic hydroxyl groups excluding tert-OH is 1. The lowest BCUT2D eigenvalue weighted by Crippen LogP contribution is -2.02. The monoisotopic (exact) mass is 341 g/mol. The summed E-state index contributed by atoms with van der Waals surface area (Å²) in [6.07, 6.45) is 1.79. The van der Waals surface area contributed by atoms with Crippen LogP contribution in [0, 0.1) is 0 Å². The molecule has 0 aliphatic rings. The van der Waals surface area contributed by atoms with Gasteiger partial charge in [0.1, 0.15) is 12.3 Å². The van der Waals surface area contributed by atoms with Crippen molar-refractivity contribution in [1.82, 2.24) is 15.0 Å². The van der Waals surface area contributed by atoms with Crippen molar-refractivity contribution in [3.63, 3.8) is 0 Å². The lowest BCUT2D eigenvalue weighted by atomic mass is 10.2. The lowest BCUT2D eigenvalue weighted by molar-refractivity contribution is 0.260. The summed E-state index contributed by atoms with van der Waals surface area (Å²) in [5.41, 5.74) is 1.49. The maximum atomic E-state index is 9.22. The molecule has 7 heteroatoms. The van der Waals surface area contributed by atoms with Crippen LogP contribution < -0.4 is 9.47 Å². The Kier molecular flexibility index (Phi) is 4.97. The van der Waals surface area contributed by atoms with Crippen LogP contribution in [-0.4, -0.2) is 26.7 Å². The van der Waals surface area contributed by atoms with E-state index in [1.54, 1.807) is 30.1 Å². The van der Waals surface area contributed by atoms with E-state index < -0.39 is 0 Å². The molecule has 1 heterocycles. The van der Waals surface area contributed by atoms with Crippen LogP contribution in [0.4, 0.5) is 0 Å². The van der Waals surface area contributed by atoms with Gasteiger partial charge in [-0.2, -0.15) is 0 Å². The van der Waals surface area contributed by atoms with Crippen LogP contribution in [0.3, 0.4) is 0 Å². The Labute approximate surface area is 125 Å². The molecule has 0 spiro atoms. The molecule has 1 aromatic carbocycles. The van der Waals surface area contributed by atoms with Crippen LogP contribution >= 0.6 is 15.9 Å². The number of hydrogen-bond donors (Lipinski definition) is 1. The number of rotatable bonds is 6. The second-order valence-corrected chi connectivity index (χ2v) is 5.02. The quantitative estimate of drug-likeness (QED) is 0.870. The van der Waals surface area contributed by atoms with Gasteiger partial charge in [0.25, 0.3) is 0 Å². The molecule has 20 heavy (non-hydrogen) atoms. The predicted molar refractivity (Wildman–Crippen MR) is 76.6 cm³/mol. The maximum Gasteiger partial charge on any atom is 0.175 e. The number of aliphatic hydroxyl groups is 1. The van der Waals surface area contributed by atoms with Crippen molar-refractivity contribution in [2.75, 3.05) is 6.61 Å². The molecule has 2 aromatic rings. The second-order valence-electron chi connectivity index (χ2n) is 4.17. The van der Waals surface area contributed by atoms with Crippen LogP contribution in [-0.2, 0) is 20.3 Å². The summed E-state index contributed by atoms with van der Waals surface area (Å²) >= 11 is 3.43. The van der Waals surface area contributed by atoms with Crippen LogP contribution in [0.5, 0.6) is 11.5 Å². The minimum Gasteiger partial charge on any atom is -0.490 e. The zero-order valence-electron chi connectivity index (χ0n) is 11.3. The number of halogens is 1. The number of nitrogens with zero attached hydrogens (tertiary/aromatic N) is 3. The molecule has 0 amide bonds. The van der Waals surface area contributed by atoms with E-state index in [0.717, 1.165) is 15.7 Å². The van der Waals surface area contributed by atoms with Crippen LogP contribution in [0.25, 0.3) is 0 Å². The molecule has 1 aromatic heterocycles. The van der Waals surface area contributed by atoms with E-state index in [-0.39, 0.29) is 6.61 Å². The van der Waals surface area contributed by atoms with Crippen LogP contribution in [0.1, 0.15) is 18.2 Å². The van der Waals surface area contributed by atoms with E-state index in [1.165, 1.54) is 0 Å². The van der Waals surface area contributed by atoms with Gasteiger partial charge in [-0.15, -0.1) is 5.10 Å². The SMILES string of the molecule is CCOc1cc(CO)cc(Br)c1OCc1cn(C)nn1. The smallest absolute Gasteiger partial charge is 0.175 e. The Hall–Kier alpha value is -1.60. The minimum atomic E-state index is -0.0525. The molecule has 0 aliphatic carbocycles. The fraction of sp³-hybridized carbons (Fsp3) is 0.385. The van der Waals surface area contributed by atoms with Gasteiger partial charge in [0.2, 0.25) is 0 Å². The Morgan fingerprint density at radius 1 is 1.35 bits per heavy atom. The maximum absolute atomic E-state index is 9.22. The molecule has 0 bridgehead atoms. The Morgan fingerprint density at radius 3 is 2.75 bits per heavy atom. The third-order valence-corrected chi connectivity index (χ3v) is 3.16. The first-order chi connectivity index (χ1) is 9.63. The molecule has 0 fully saturated rings. The molecule has 0 saturated heterocycles. The minimum absolute atomic E-state index is 0.0525. The molecule has 0 atom stereocenters. The van der Waals surface area contributed by atoms with Crippen molar-refractivity contribution in [3.05, 3.63) is 34.1 Å². The first-order valence-electron chi connectivity index (χ1n) is 6.18. The van der Waals surface area contributed by atoms with Gasteiger partial charge in [-0.1, -0.05) is 5.21 Å². The van der Waals surface area contributed by atoms with Gasteiger partial charge < -0.3 is 14.6 Å². The predicted octanol–water partition coefficient (Wildman–Crippen LogP) is 2.05. The molecular weight excluding hydrogens is 326 g/mol. The number of aromatic nitrogens is 3. The van der Waals surface area contributed by atoms with Crippen molar-refractivity contribution >= 4 is 15.9 Å². The standard InChI is InChI=1S/C13H16BrN3O3/c1-3-19-12-5-9(7-18)4-11(14)13(12)20-8-10-6-17(2)16-15-10/h4-6,18H,3,7-8H2,1-2H3. The Morgan fingerprint density at radius 2 is 2.15 bits per heavy atom. The third kappa shape index (κ3) is 3.49.